The number of aliphatic hydroxyl groups is 1. The summed E-state index contributed by atoms with van der Waals surface area (Å²) in [4.78, 5) is 0. The third-order valence-electron chi connectivity index (χ3n) is 10.5. The largest absolute Gasteiger partial charge is 0.397 e. The van der Waals surface area contributed by atoms with Crippen LogP contribution in [0.25, 0.3) is 0 Å². The lowest BCUT2D eigenvalue weighted by Crippen LogP contribution is -2.59. The van der Waals surface area contributed by atoms with Crippen molar-refractivity contribution < 1.29 is 27.0 Å². The van der Waals surface area contributed by atoms with E-state index < -0.39 is 10.4 Å². The van der Waals surface area contributed by atoms with E-state index in [-0.39, 0.29) is 24.2 Å². The van der Waals surface area contributed by atoms with Gasteiger partial charge >= 0.3 is 10.4 Å². The fourth-order valence-corrected chi connectivity index (χ4v) is 9.25. The van der Waals surface area contributed by atoms with Crippen molar-refractivity contribution in [1.29, 1.82) is 0 Å². The van der Waals surface area contributed by atoms with E-state index in [1.165, 1.54) is 25.7 Å². The van der Waals surface area contributed by atoms with Crippen molar-refractivity contribution in [3.63, 3.8) is 0 Å². The molecule has 10 atom stereocenters. The zero-order valence-corrected chi connectivity index (χ0v) is 20.4. The molecule has 4 rings (SSSR count). The maximum absolute atomic E-state index is 10.9. The molecule has 180 valence electrons. The van der Waals surface area contributed by atoms with Crippen LogP contribution >= 0.6 is 0 Å². The van der Waals surface area contributed by atoms with Crippen molar-refractivity contribution in [1.82, 2.24) is 0 Å². The van der Waals surface area contributed by atoms with Gasteiger partial charge in [0.15, 0.2) is 0 Å². The molecular formula is C24H42O6S. The molecule has 2 N–H and O–H groups in total. The summed E-state index contributed by atoms with van der Waals surface area (Å²) in [6.07, 6.45) is 9.66. The van der Waals surface area contributed by atoms with E-state index in [9.17, 15) is 13.5 Å². The highest BCUT2D eigenvalue weighted by atomic mass is 32.3. The summed E-state index contributed by atoms with van der Waals surface area (Å²) in [5, 5.41) is 10.3. The van der Waals surface area contributed by atoms with Gasteiger partial charge in [0.1, 0.15) is 0 Å². The first-order valence-corrected chi connectivity index (χ1v) is 13.7. The second kappa shape index (κ2) is 8.53. The van der Waals surface area contributed by atoms with E-state index in [0.29, 0.717) is 47.3 Å². The van der Waals surface area contributed by atoms with Crippen LogP contribution in [0.3, 0.4) is 0 Å². The molecule has 0 unspecified atom stereocenters. The predicted molar refractivity (Wildman–Crippen MR) is 119 cm³/mol. The number of aliphatic hydroxyl groups excluding tert-OH is 1. The normalized spacial score (nSPS) is 48.5. The van der Waals surface area contributed by atoms with Gasteiger partial charge in [0.05, 0.1) is 18.8 Å². The Hall–Kier alpha value is -0.210. The van der Waals surface area contributed by atoms with Crippen LogP contribution in [-0.2, 0) is 19.3 Å². The van der Waals surface area contributed by atoms with Crippen molar-refractivity contribution in [2.75, 3.05) is 13.7 Å². The first-order valence-electron chi connectivity index (χ1n) is 12.3. The molecule has 0 aliphatic heterocycles. The Morgan fingerprint density at radius 3 is 2.39 bits per heavy atom. The van der Waals surface area contributed by atoms with Gasteiger partial charge in [0, 0.05) is 7.11 Å². The lowest BCUT2D eigenvalue weighted by atomic mass is 9.43. The zero-order valence-electron chi connectivity index (χ0n) is 19.6. The second-order valence-corrected chi connectivity index (χ2v) is 12.8. The number of methoxy groups -OCH3 is 1. The molecule has 31 heavy (non-hydrogen) atoms. The molecule has 4 fully saturated rings. The average Bonchev–Trinajstić information content (AvgIpc) is 3.04. The smallest absolute Gasteiger partial charge is 0.393 e. The van der Waals surface area contributed by atoms with E-state index in [1.807, 2.05) is 7.11 Å². The fraction of sp³-hybridized carbons (Fsp3) is 1.00. The Morgan fingerprint density at radius 2 is 1.71 bits per heavy atom. The van der Waals surface area contributed by atoms with E-state index in [2.05, 4.69) is 25.0 Å². The van der Waals surface area contributed by atoms with E-state index in [1.54, 1.807) is 0 Å². The summed E-state index contributed by atoms with van der Waals surface area (Å²) in [7, 11) is -2.49. The summed E-state index contributed by atoms with van der Waals surface area (Å²) in [6.45, 7) is 7.23. The molecule has 0 saturated heterocycles. The monoisotopic (exact) mass is 458 g/mol. The SMILES string of the molecule is CO[C@@H]1C[C@@H]2C[C@H](O)CC[C@]2(C)[C@H]2CC[C@]3(C)[C@@H]([C@H](C)CCOS(=O)(=O)O)CC[C@H]3[C@H]12. The van der Waals surface area contributed by atoms with Gasteiger partial charge in [-0.05, 0) is 104 Å². The standard InChI is InChI=1S/C24H42O6S/c1-15(9-12-30-31(26,27)28)18-5-6-19-22-20(8-11-24(18,19)3)23(2)10-7-17(25)13-16(23)14-21(22)29-4/h15-22,25H,5-14H2,1-4H3,(H,26,27,28)/t15-,16+,17-,18-,19+,20+,21-,22+,23+,24-/m1/s1. The number of hydrogen-bond donors (Lipinski definition) is 2. The molecular weight excluding hydrogens is 416 g/mol. The second-order valence-electron chi connectivity index (χ2n) is 11.7. The minimum atomic E-state index is -4.36. The van der Waals surface area contributed by atoms with Crippen molar-refractivity contribution in [2.24, 2.45) is 46.3 Å². The molecule has 0 aromatic heterocycles. The Bertz CT molecular complexity index is 755. The maximum atomic E-state index is 10.9. The van der Waals surface area contributed by atoms with Gasteiger partial charge in [0.2, 0.25) is 0 Å². The van der Waals surface area contributed by atoms with Gasteiger partial charge in [-0.15, -0.1) is 0 Å². The van der Waals surface area contributed by atoms with Gasteiger partial charge in [-0.1, -0.05) is 20.8 Å². The van der Waals surface area contributed by atoms with Gasteiger partial charge in [-0.3, -0.25) is 4.55 Å². The van der Waals surface area contributed by atoms with Gasteiger partial charge < -0.3 is 9.84 Å². The molecule has 0 heterocycles. The highest BCUT2D eigenvalue weighted by Gasteiger charge is 2.63. The third-order valence-corrected chi connectivity index (χ3v) is 11.0. The summed E-state index contributed by atoms with van der Waals surface area (Å²) < 4.78 is 41.5. The third kappa shape index (κ3) is 4.23. The molecule has 0 amide bonds. The van der Waals surface area contributed by atoms with E-state index >= 15 is 0 Å². The molecule has 6 nitrogen and oxygen atoms in total. The number of hydrogen-bond acceptors (Lipinski definition) is 5. The molecule has 4 aliphatic carbocycles. The molecule has 0 bridgehead atoms. The van der Waals surface area contributed by atoms with Gasteiger partial charge in [-0.2, -0.15) is 8.42 Å². The number of rotatable bonds is 6. The molecule has 0 spiro atoms. The first-order chi connectivity index (χ1) is 14.5. The minimum absolute atomic E-state index is 0.0477. The molecule has 4 saturated carbocycles. The van der Waals surface area contributed by atoms with Crippen molar-refractivity contribution >= 4 is 10.4 Å². The van der Waals surface area contributed by atoms with Gasteiger partial charge in [0.25, 0.3) is 0 Å². The maximum Gasteiger partial charge on any atom is 0.397 e. The van der Waals surface area contributed by atoms with Crippen LogP contribution in [0.1, 0.15) is 78.6 Å². The lowest BCUT2D eigenvalue weighted by molar-refractivity contribution is -0.181. The van der Waals surface area contributed by atoms with Gasteiger partial charge in [-0.25, -0.2) is 4.18 Å². The molecule has 0 aromatic carbocycles. The Kier molecular flexibility index (Phi) is 6.59. The van der Waals surface area contributed by atoms with E-state index in [4.69, 9.17) is 9.29 Å². The summed E-state index contributed by atoms with van der Waals surface area (Å²) in [5.74, 6) is 3.33. The molecule has 0 radical (unpaired) electrons. The average molecular weight is 459 g/mol. The lowest BCUT2D eigenvalue weighted by Gasteiger charge is -2.63. The first kappa shape index (κ1) is 23.9. The fourth-order valence-electron chi connectivity index (χ4n) is 8.94. The summed E-state index contributed by atoms with van der Waals surface area (Å²) >= 11 is 0. The number of ether oxygens (including phenoxy) is 1. The molecule has 7 heteroatoms. The Labute approximate surface area is 188 Å². The minimum Gasteiger partial charge on any atom is -0.393 e. The zero-order chi connectivity index (χ0) is 22.6. The summed E-state index contributed by atoms with van der Waals surface area (Å²) in [5.41, 5.74) is 0.556. The number of fused-ring (bicyclic) bond motifs is 5. The topological polar surface area (TPSA) is 93.1 Å². The van der Waals surface area contributed by atoms with Crippen molar-refractivity contribution in [3.05, 3.63) is 0 Å². The van der Waals surface area contributed by atoms with Crippen LogP contribution in [0, 0.1) is 46.3 Å². The highest BCUT2D eigenvalue weighted by molar-refractivity contribution is 7.80. The van der Waals surface area contributed by atoms with Crippen LogP contribution in [0.5, 0.6) is 0 Å². The predicted octanol–water partition coefficient (Wildman–Crippen LogP) is 4.48. The highest BCUT2D eigenvalue weighted by Crippen LogP contribution is 2.68. The Morgan fingerprint density at radius 1 is 1.03 bits per heavy atom. The van der Waals surface area contributed by atoms with Crippen LogP contribution in [0.4, 0.5) is 0 Å². The van der Waals surface area contributed by atoms with Crippen LogP contribution < -0.4 is 0 Å². The van der Waals surface area contributed by atoms with Crippen molar-refractivity contribution in [2.45, 2.75) is 90.8 Å². The molecule has 0 aromatic rings. The molecule has 4 aliphatic rings. The van der Waals surface area contributed by atoms with E-state index in [0.717, 1.165) is 25.7 Å². The quantitative estimate of drug-likeness (QED) is 0.570. The van der Waals surface area contributed by atoms with Crippen LogP contribution in [-0.4, -0.2) is 44.0 Å². The van der Waals surface area contributed by atoms with Crippen LogP contribution in [0.2, 0.25) is 0 Å². The van der Waals surface area contributed by atoms with Crippen LogP contribution in [0.15, 0.2) is 0 Å². The Balaban J connectivity index is 1.53. The summed E-state index contributed by atoms with van der Waals surface area (Å²) in [6, 6.07) is 0. The van der Waals surface area contributed by atoms with Crippen molar-refractivity contribution in [3.8, 4) is 0 Å².